The molecule has 6 nitrogen and oxygen atoms in total. The Kier molecular flexibility index (Phi) is 5.23. The van der Waals surface area contributed by atoms with Gasteiger partial charge in [0.25, 0.3) is 5.91 Å². The number of hydrogen-bond donors (Lipinski definition) is 1. The van der Waals surface area contributed by atoms with Crippen molar-refractivity contribution in [2.45, 2.75) is 4.90 Å². The van der Waals surface area contributed by atoms with E-state index in [9.17, 15) is 13.2 Å². The Morgan fingerprint density at radius 2 is 1.88 bits per heavy atom. The van der Waals surface area contributed by atoms with Gasteiger partial charge in [0.05, 0.1) is 25.7 Å². The number of halogens is 2. The zero-order valence-electron chi connectivity index (χ0n) is 13.7. The molecule has 0 saturated carbocycles. The molecule has 1 aromatic heterocycles. The maximum atomic E-state index is 12.6. The second-order valence-electron chi connectivity index (χ2n) is 5.51. The third kappa shape index (κ3) is 3.70. The molecule has 0 bridgehead atoms. The highest BCUT2D eigenvalue weighted by molar-refractivity contribution is 7.89. The molecule has 0 atom stereocenters. The first-order valence-corrected chi connectivity index (χ1v) is 10.3. The van der Waals surface area contributed by atoms with Crippen LogP contribution in [0.2, 0.25) is 10.0 Å². The van der Waals surface area contributed by atoms with Gasteiger partial charge < -0.3 is 0 Å². The number of nitrogens with zero attached hydrogens (tertiary/aromatic N) is 2. The molecule has 0 radical (unpaired) electrons. The molecule has 0 aliphatic heterocycles. The number of fused-ring (bicyclic) bond motifs is 1. The van der Waals surface area contributed by atoms with Crippen molar-refractivity contribution in [1.82, 2.24) is 9.29 Å². The van der Waals surface area contributed by atoms with Crippen LogP contribution in [0, 0.1) is 0 Å². The summed E-state index contributed by atoms with van der Waals surface area (Å²) >= 11 is 13.3. The van der Waals surface area contributed by atoms with E-state index in [0.29, 0.717) is 15.7 Å². The standard InChI is InChI=1S/C16H13Cl2N3O3S2/c1-21(2)26(23,24)10-4-5-12(18)11(8-10)15(22)20-16-19-13-6-3-9(17)7-14(13)25-16/h3-8H,1-2H3,(H,19,20,22). The van der Waals surface area contributed by atoms with Crippen molar-refractivity contribution in [3.05, 3.63) is 52.0 Å². The summed E-state index contributed by atoms with van der Waals surface area (Å²) in [6.45, 7) is 0. The van der Waals surface area contributed by atoms with E-state index in [2.05, 4.69) is 10.3 Å². The number of sulfonamides is 1. The van der Waals surface area contributed by atoms with Crippen LogP contribution in [0.3, 0.4) is 0 Å². The summed E-state index contributed by atoms with van der Waals surface area (Å²) in [7, 11) is -0.856. The van der Waals surface area contributed by atoms with Crippen LogP contribution in [0.5, 0.6) is 0 Å². The number of anilines is 1. The van der Waals surface area contributed by atoms with Gasteiger partial charge in [-0.1, -0.05) is 34.5 Å². The zero-order chi connectivity index (χ0) is 19.1. The third-order valence-corrected chi connectivity index (χ3v) is 6.84. The highest BCUT2D eigenvalue weighted by Gasteiger charge is 2.21. The smallest absolute Gasteiger partial charge is 0.259 e. The van der Waals surface area contributed by atoms with Gasteiger partial charge in [-0.25, -0.2) is 17.7 Å². The molecule has 1 heterocycles. The average molecular weight is 430 g/mol. The van der Waals surface area contributed by atoms with Gasteiger partial charge in [-0.2, -0.15) is 0 Å². The fourth-order valence-corrected chi connectivity index (χ4v) is 4.43. The molecule has 0 aliphatic carbocycles. The lowest BCUT2D eigenvalue weighted by Gasteiger charge is -2.13. The number of carbonyl (C=O) groups excluding carboxylic acids is 1. The second-order valence-corrected chi connectivity index (χ2v) is 9.54. The first kappa shape index (κ1) is 19.1. The van der Waals surface area contributed by atoms with Crippen molar-refractivity contribution >= 4 is 65.8 Å². The van der Waals surface area contributed by atoms with E-state index in [1.165, 1.54) is 43.6 Å². The average Bonchev–Trinajstić information content (AvgIpc) is 2.95. The number of nitrogens with one attached hydrogen (secondary N) is 1. The van der Waals surface area contributed by atoms with Crippen molar-refractivity contribution in [1.29, 1.82) is 0 Å². The van der Waals surface area contributed by atoms with Crippen molar-refractivity contribution < 1.29 is 13.2 Å². The van der Waals surface area contributed by atoms with Gasteiger partial charge in [-0.05, 0) is 36.4 Å². The molecule has 10 heteroatoms. The molecule has 2 aromatic carbocycles. The Morgan fingerprint density at radius 3 is 2.58 bits per heavy atom. The van der Waals surface area contributed by atoms with Crippen LogP contribution in [-0.2, 0) is 10.0 Å². The lowest BCUT2D eigenvalue weighted by Crippen LogP contribution is -2.23. The minimum Gasteiger partial charge on any atom is -0.298 e. The molecule has 136 valence electrons. The lowest BCUT2D eigenvalue weighted by molar-refractivity contribution is 0.102. The Hall–Kier alpha value is -1.71. The van der Waals surface area contributed by atoms with E-state index in [1.807, 2.05) is 0 Å². The van der Waals surface area contributed by atoms with Crippen molar-refractivity contribution in [3.63, 3.8) is 0 Å². The van der Waals surface area contributed by atoms with Crippen LogP contribution >= 0.6 is 34.5 Å². The number of benzene rings is 2. The number of aromatic nitrogens is 1. The molecular formula is C16H13Cl2N3O3S2. The van der Waals surface area contributed by atoms with Crippen molar-refractivity contribution in [2.24, 2.45) is 0 Å². The predicted molar refractivity (Wildman–Crippen MR) is 105 cm³/mol. The maximum Gasteiger partial charge on any atom is 0.259 e. The van der Waals surface area contributed by atoms with Gasteiger partial charge in [-0.3, -0.25) is 10.1 Å². The SMILES string of the molecule is CN(C)S(=O)(=O)c1ccc(Cl)c(C(=O)Nc2nc3ccc(Cl)cc3s2)c1. The monoisotopic (exact) mass is 429 g/mol. The molecule has 3 rings (SSSR count). The number of thiazole rings is 1. The fourth-order valence-electron chi connectivity index (χ4n) is 2.17. The van der Waals surface area contributed by atoms with Gasteiger partial charge in [0.2, 0.25) is 10.0 Å². The van der Waals surface area contributed by atoms with E-state index in [0.717, 1.165) is 9.01 Å². The Labute approximate surface area is 164 Å². The minimum atomic E-state index is -3.68. The first-order chi connectivity index (χ1) is 12.2. The van der Waals surface area contributed by atoms with E-state index in [4.69, 9.17) is 23.2 Å². The highest BCUT2D eigenvalue weighted by atomic mass is 35.5. The second kappa shape index (κ2) is 7.13. The van der Waals surface area contributed by atoms with Gasteiger partial charge in [-0.15, -0.1) is 0 Å². The molecular weight excluding hydrogens is 417 g/mol. The minimum absolute atomic E-state index is 0.0202. The summed E-state index contributed by atoms with van der Waals surface area (Å²) in [5.41, 5.74) is 0.747. The van der Waals surface area contributed by atoms with Crippen molar-refractivity contribution in [3.8, 4) is 0 Å². The number of amides is 1. The van der Waals surface area contributed by atoms with Gasteiger partial charge >= 0.3 is 0 Å². The van der Waals surface area contributed by atoms with Crippen molar-refractivity contribution in [2.75, 3.05) is 19.4 Å². The summed E-state index contributed by atoms with van der Waals surface area (Å²) in [4.78, 5) is 16.9. The summed E-state index contributed by atoms with van der Waals surface area (Å²) in [6.07, 6.45) is 0. The lowest BCUT2D eigenvalue weighted by atomic mass is 10.2. The highest BCUT2D eigenvalue weighted by Crippen LogP contribution is 2.29. The topological polar surface area (TPSA) is 79.4 Å². The van der Waals surface area contributed by atoms with Gasteiger partial charge in [0.1, 0.15) is 0 Å². The number of carbonyl (C=O) groups is 1. The molecule has 0 spiro atoms. The fraction of sp³-hybridized carbons (Fsp3) is 0.125. The molecule has 1 N–H and O–H groups in total. The van der Waals surface area contributed by atoms with E-state index < -0.39 is 15.9 Å². The summed E-state index contributed by atoms with van der Waals surface area (Å²) in [5.74, 6) is -0.545. The summed E-state index contributed by atoms with van der Waals surface area (Å²) < 4.78 is 26.4. The Balaban J connectivity index is 1.94. The quantitative estimate of drug-likeness (QED) is 0.676. The van der Waals surface area contributed by atoms with E-state index in [-0.39, 0.29) is 15.5 Å². The summed E-state index contributed by atoms with van der Waals surface area (Å²) in [6, 6.07) is 9.19. The largest absolute Gasteiger partial charge is 0.298 e. The van der Waals surface area contributed by atoms with Crippen LogP contribution in [0.4, 0.5) is 5.13 Å². The van der Waals surface area contributed by atoms with Crippen LogP contribution in [0.25, 0.3) is 10.2 Å². The molecule has 26 heavy (non-hydrogen) atoms. The number of hydrogen-bond acceptors (Lipinski definition) is 5. The molecule has 3 aromatic rings. The summed E-state index contributed by atoms with van der Waals surface area (Å²) in [5, 5.41) is 3.73. The van der Waals surface area contributed by atoms with Gasteiger partial charge in [0.15, 0.2) is 5.13 Å². The first-order valence-electron chi connectivity index (χ1n) is 7.28. The molecule has 0 aliphatic rings. The Morgan fingerprint density at radius 1 is 1.15 bits per heavy atom. The van der Waals surface area contributed by atoms with Crippen LogP contribution in [0.15, 0.2) is 41.3 Å². The molecule has 1 amide bonds. The molecule has 0 fully saturated rings. The zero-order valence-corrected chi connectivity index (χ0v) is 16.8. The van der Waals surface area contributed by atoms with Gasteiger partial charge in [0, 0.05) is 19.1 Å². The normalized spacial score (nSPS) is 11.9. The number of rotatable bonds is 4. The maximum absolute atomic E-state index is 12.6. The molecule has 0 unspecified atom stereocenters. The van der Waals surface area contributed by atoms with Crippen LogP contribution in [0.1, 0.15) is 10.4 Å². The third-order valence-electron chi connectivity index (χ3n) is 3.53. The van der Waals surface area contributed by atoms with E-state index >= 15 is 0 Å². The van der Waals surface area contributed by atoms with E-state index in [1.54, 1.807) is 18.2 Å². The molecule has 0 saturated heterocycles. The Bertz CT molecular complexity index is 1110. The van der Waals surface area contributed by atoms with Crippen LogP contribution in [-0.4, -0.2) is 37.7 Å². The van der Waals surface area contributed by atoms with Crippen LogP contribution < -0.4 is 5.32 Å². The predicted octanol–water partition coefficient (Wildman–Crippen LogP) is 4.11.